The van der Waals surface area contributed by atoms with Crippen molar-refractivity contribution in [3.8, 4) is 11.6 Å². The Bertz CT molecular complexity index is 1270. The molecule has 0 saturated carbocycles. The lowest BCUT2D eigenvalue weighted by atomic mass is 9.77. The van der Waals surface area contributed by atoms with Crippen LogP contribution in [0.25, 0.3) is 0 Å². The van der Waals surface area contributed by atoms with Gasteiger partial charge in [-0.2, -0.15) is 0 Å². The lowest BCUT2D eigenvalue weighted by Gasteiger charge is -2.32. The summed E-state index contributed by atoms with van der Waals surface area (Å²) >= 11 is 0. The van der Waals surface area contributed by atoms with Crippen LogP contribution in [0.4, 0.5) is 17.2 Å². The maximum atomic E-state index is 13.0. The summed E-state index contributed by atoms with van der Waals surface area (Å²) < 4.78 is 11.3. The highest BCUT2D eigenvalue weighted by molar-refractivity contribution is 6.00. The van der Waals surface area contributed by atoms with Crippen LogP contribution in [-0.4, -0.2) is 27.8 Å². The fourth-order valence-corrected chi connectivity index (χ4v) is 4.28. The van der Waals surface area contributed by atoms with E-state index in [4.69, 9.17) is 9.47 Å². The van der Waals surface area contributed by atoms with Crippen LogP contribution in [-0.2, 0) is 4.79 Å². The van der Waals surface area contributed by atoms with Crippen molar-refractivity contribution in [2.45, 2.75) is 25.2 Å². The number of non-ortho nitro benzene ring substituents is 1. The summed E-state index contributed by atoms with van der Waals surface area (Å²) in [6, 6.07) is 13.6. The number of Topliss-reactive ketones (excluding diaryl/α,β-unsaturated/α-hetero) is 1. The third kappa shape index (κ3) is 3.78. The van der Waals surface area contributed by atoms with Gasteiger partial charge in [0.2, 0.25) is 5.88 Å². The summed E-state index contributed by atoms with van der Waals surface area (Å²) in [6.45, 7) is 0. The number of nitro benzene ring substituents is 1. The molecule has 0 spiro atoms. The molecule has 2 aliphatic rings. The molecule has 9 nitrogen and oxygen atoms in total. The zero-order valence-electron chi connectivity index (χ0n) is 17.8. The van der Waals surface area contributed by atoms with E-state index in [-0.39, 0.29) is 11.5 Å². The molecule has 166 valence electrons. The van der Waals surface area contributed by atoms with Crippen molar-refractivity contribution in [2.24, 2.45) is 0 Å². The monoisotopic (exact) mass is 444 g/mol. The van der Waals surface area contributed by atoms with E-state index in [1.165, 1.54) is 18.5 Å². The predicted molar refractivity (Wildman–Crippen MR) is 120 cm³/mol. The number of ether oxygens (including phenoxy) is 2. The Morgan fingerprint density at radius 2 is 1.85 bits per heavy atom. The molecule has 1 unspecified atom stereocenters. The molecule has 1 aromatic heterocycles. The number of carbonyl (C=O) groups excluding carboxylic acids is 1. The molecule has 1 aliphatic heterocycles. The Morgan fingerprint density at radius 1 is 1.09 bits per heavy atom. The van der Waals surface area contributed by atoms with Crippen LogP contribution in [0.5, 0.6) is 11.6 Å². The number of fused-ring (bicyclic) bond motifs is 1. The summed E-state index contributed by atoms with van der Waals surface area (Å²) in [6.07, 6.45) is 3.18. The molecule has 0 bridgehead atoms. The van der Waals surface area contributed by atoms with Crippen LogP contribution < -0.4 is 14.8 Å². The number of benzene rings is 2. The smallest absolute Gasteiger partial charge is 0.269 e. The minimum Gasteiger partial charge on any atom is -0.497 e. The molecule has 0 saturated heterocycles. The second-order valence-corrected chi connectivity index (χ2v) is 7.79. The van der Waals surface area contributed by atoms with Crippen molar-refractivity contribution in [2.75, 3.05) is 12.4 Å². The Labute approximate surface area is 189 Å². The van der Waals surface area contributed by atoms with E-state index >= 15 is 0 Å². The second kappa shape index (κ2) is 8.34. The van der Waals surface area contributed by atoms with Gasteiger partial charge in [-0.25, -0.2) is 9.97 Å². The van der Waals surface area contributed by atoms with E-state index in [1.54, 1.807) is 19.2 Å². The average molecular weight is 444 g/mol. The van der Waals surface area contributed by atoms with Crippen molar-refractivity contribution in [3.05, 3.63) is 87.4 Å². The van der Waals surface area contributed by atoms with Gasteiger partial charge in [0.1, 0.15) is 23.7 Å². The molecule has 1 aliphatic carbocycles. The number of aromatic nitrogens is 2. The first-order valence-corrected chi connectivity index (χ1v) is 10.5. The quantitative estimate of drug-likeness (QED) is 0.446. The van der Waals surface area contributed by atoms with Gasteiger partial charge < -0.3 is 14.8 Å². The highest BCUT2D eigenvalue weighted by Gasteiger charge is 2.39. The third-order valence-electron chi connectivity index (χ3n) is 5.84. The van der Waals surface area contributed by atoms with E-state index in [1.807, 2.05) is 24.3 Å². The Kier molecular flexibility index (Phi) is 5.21. The van der Waals surface area contributed by atoms with Crippen LogP contribution in [0.3, 0.4) is 0 Å². The lowest BCUT2D eigenvalue weighted by molar-refractivity contribution is -0.384. The van der Waals surface area contributed by atoms with Crippen LogP contribution in [0.15, 0.2) is 66.2 Å². The number of anilines is 2. The SMILES string of the molecule is COc1ccc(Nc2ncnc3c2C(c2ccc([N+](=O)[O-])cc2)C2=C(CCCC2=O)O3)cc1. The van der Waals surface area contributed by atoms with Crippen molar-refractivity contribution in [1.82, 2.24) is 9.97 Å². The van der Waals surface area contributed by atoms with Gasteiger partial charge in [-0.3, -0.25) is 14.9 Å². The Morgan fingerprint density at radius 3 is 2.55 bits per heavy atom. The van der Waals surface area contributed by atoms with Crippen molar-refractivity contribution in [3.63, 3.8) is 0 Å². The van der Waals surface area contributed by atoms with Gasteiger partial charge >= 0.3 is 0 Å². The Hall–Kier alpha value is -4.27. The second-order valence-electron chi connectivity index (χ2n) is 7.79. The van der Waals surface area contributed by atoms with E-state index in [0.717, 1.165) is 17.0 Å². The van der Waals surface area contributed by atoms with E-state index in [9.17, 15) is 14.9 Å². The van der Waals surface area contributed by atoms with Gasteiger partial charge in [-0.05, 0) is 36.2 Å². The van der Waals surface area contributed by atoms with Crippen LogP contribution in [0.2, 0.25) is 0 Å². The number of nitro groups is 1. The minimum atomic E-state index is -0.501. The number of rotatable bonds is 5. The standard InChI is InChI=1S/C24H20N4O5/c1-32-17-11-7-15(8-12-17)27-23-22-20(14-5-9-16(10-6-14)28(30)31)21-18(29)3-2-4-19(21)33-24(22)26-13-25-23/h5-13,20H,2-4H2,1H3,(H,25,26,27). The van der Waals surface area contributed by atoms with Crippen molar-refractivity contribution in [1.29, 1.82) is 0 Å². The first kappa shape index (κ1) is 20.6. The molecule has 0 fully saturated rings. The molecule has 33 heavy (non-hydrogen) atoms. The number of allylic oxidation sites excluding steroid dienone is 2. The fourth-order valence-electron chi connectivity index (χ4n) is 4.28. The van der Waals surface area contributed by atoms with Crippen LogP contribution in [0, 0.1) is 10.1 Å². The maximum Gasteiger partial charge on any atom is 0.269 e. The molecule has 0 amide bonds. The molecule has 5 rings (SSSR count). The number of hydrogen-bond acceptors (Lipinski definition) is 8. The van der Waals surface area contributed by atoms with Crippen LogP contribution >= 0.6 is 0 Å². The van der Waals surface area contributed by atoms with Crippen molar-refractivity contribution >= 4 is 23.0 Å². The normalized spacial score (nSPS) is 17.0. The van der Waals surface area contributed by atoms with Crippen molar-refractivity contribution < 1.29 is 19.2 Å². The van der Waals surface area contributed by atoms with Gasteiger partial charge in [0.05, 0.1) is 17.6 Å². The van der Waals surface area contributed by atoms with Gasteiger partial charge in [0.15, 0.2) is 5.78 Å². The summed E-state index contributed by atoms with van der Waals surface area (Å²) in [5.74, 6) is 1.70. The highest BCUT2D eigenvalue weighted by Crippen LogP contribution is 2.48. The zero-order valence-corrected chi connectivity index (χ0v) is 17.8. The topological polar surface area (TPSA) is 116 Å². The molecule has 1 N–H and O–H groups in total. The molecule has 2 aromatic carbocycles. The molecule has 9 heteroatoms. The summed E-state index contributed by atoms with van der Waals surface area (Å²) in [7, 11) is 1.60. The predicted octanol–water partition coefficient (Wildman–Crippen LogP) is 4.67. The van der Waals surface area contributed by atoms with Gasteiger partial charge in [-0.15, -0.1) is 0 Å². The molecule has 0 radical (unpaired) electrons. The zero-order chi connectivity index (χ0) is 22.9. The first-order chi connectivity index (χ1) is 16.0. The minimum absolute atomic E-state index is 0.00417. The highest BCUT2D eigenvalue weighted by atomic mass is 16.6. The summed E-state index contributed by atoms with van der Waals surface area (Å²) in [5, 5.41) is 14.4. The number of hydrogen-bond donors (Lipinski definition) is 1. The van der Waals surface area contributed by atoms with E-state index < -0.39 is 10.8 Å². The molecular weight excluding hydrogens is 424 g/mol. The van der Waals surface area contributed by atoms with E-state index in [2.05, 4.69) is 15.3 Å². The molecule has 3 aromatic rings. The molecular formula is C24H20N4O5. The largest absolute Gasteiger partial charge is 0.497 e. The third-order valence-corrected chi connectivity index (χ3v) is 5.84. The van der Waals surface area contributed by atoms with Gasteiger partial charge in [0.25, 0.3) is 5.69 Å². The number of methoxy groups -OCH3 is 1. The van der Waals surface area contributed by atoms with Crippen LogP contribution in [0.1, 0.15) is 36.3 Å². The first-order valence-electron chi connectivity index (χ1n) is 10.5. The number of carbonyl (C=O) groups is 1. The maximum absolute atomic E-state index is 13.0. The average Bonchev–Trinajstić information content (AvgIpc) is 2.83. The molecule has 1 atom stereocenters. The number of nitrogens with one attached hydrogen (secondary N) is 1. The van der Waals surface area contributed by atoms with Gasteiger partial charge in [0, 0.05) is 42.2 Å². The number of nitrogens with zero attached hydrogens (tertiary/aromatic N) is 3. The van der Waals surface area contributed by atoms with Gasteiger partial charge in [-0.1, -0.05) is 12.1 Å². The number of ketones is 1. The fraction of sp³-hybridized carbons (Fsp3) is 0.208. The Balaban J connectivity index is 1.64. The summed E-state index contributed by atoms with van der Waals surface area (Å²) in [5.41, 5.74) is 2.68. The summed E-state index contributed by atoms with van der Waals surface area (Å²) in [4.78, 5) is 32.5. The van der Waals surface area contributed by atoms with E-state index in [0.29, 0.717) is 47.9 Å². The molecule has 2 heterocycles. The lowest BCUT2D eigenvalue weighted by Crippen LogP contribution is -2.27.